The summed E-state index contributed by atoms with van der Waals surface area (Å²) >= 11 is 0. The van der Waals surface area contributed by atoms with Gasteiger partial charge in [-0.3, -0.25) is 9.08 Å². The highest BCUT2D eigenvalue weighted by atomic mass is 19.4. The van der Waals surface area contributed by atoms with Crippen molar-refractivity contribution in [1.29, 1.82) is 0 Å². The Bertz CT molecular complexity index is 1370. The quantitative estimate of drug-likeness (QED) is 0.178. The Labute approximate surface area is 190 Å². The molecule has 0 aromatic carbocycles. The Kier molecular flexibility index (Phi) is 6.66. The SMILES string of the molecule is C=N/N=C(\OC)c1cn2c(ccc3c(-c4ccn(C)n4)cc(C(F)(F)C(F)(F)F)nc32)n1.CC. The number of aromatic nitrogens is 5. The number of halogens is 5. The van der Waals surface area contributed by atoms with Crippen LogP contribution >= 0.6 is 0 Å². The minimum Gasteiger partial charge on any atom is -0.478 e. The number of alkyl halides is 5. The fraction of sp³-hybridized carbons (Fsp3) is 0.286. The number of rotatable bonds is 4. The summed E-state index contributed by atoms with van der Waals surface area (Å²) in [4.78, 5) is 7.93. The van der Waals surface area contributed by atoms with E-state index in [0.29, 0.717) is 11.5 Å². The molecule has 4 aromatic rings. The Balaban J connectivity index is 0.00000158. The zero-order valence-corrected chi connectivity index (χ0v) is 18.6. The van der Waals surface area contributed by atoms with Crippen LogP contribution in [0.4, 0.5) is 22.0 Å². The summed E-state index contributed by atoms with van der Waals surface area (Å²) in [5.74, 6) is -5.22. The highest BCUT2D eigenvalue weighted by molar-refractivity contribution is 5.96. The van der Waals surface area contributed by atoms with Crippen LogP contribution in [0.15, 0.2) is 46.9 Å². The third-order valence-corrected chi connectivity index (χ3v) is 4.64. The van der Waals surface area contributed by atoms with Crippen LogP contribution in [0.2, 0.25) is 0 Å². The third kappa shape index (κ3) is 4.20. The van der Waals surface area contributed by atoms with Crippen molar-refractivity contribution in [2.45, 2.75) is 25.9 Å². The number of aryl methyl sites for hydroxylation is 1. The molecule has 0 aliphatic carbocycles. The van der Waals surface area contributed by atoms with Crippen molar-refractivity contribution in [2.75, 3.05) is 7.11 Å². The summed E-state index contributed by atoms with van der Waals surface area (Å²) in [6.45, 7) is 7.22. The van der Waals surface area contributed by atoms with Crippen molar-refractivity contribution in [3.63, 3.8) is 0 Å². The van der Waals surface area contributed by atoms with Crippen molar-refractivity contribution in [3.8, 4) is 11.3 Å². The van der Waals surface area contributed by atoms with Crippen molar-refractivity contribution in [2.24, 2.45) is 17.3 Å². The highest BCUT2D eigenvalue weighted by Gasteiger charge is 2.60. The van der Waals surface area contributed by atoms with Crippen LogP contribution in [-0.4, -0.2) is 50.1 Å². The number of nitrogens with zero attached hydrogens (tertiary/aromatic N) is 7. The van der Waals surface area contributed by atoms with Gasteiger partial charge in [-0.1, -0.05) is 13.8 Å². The fourth-order valence-electron chi connectivity index (χ4n) is 3.17. The van der Waals surface area contributed by atoms with Crippen LogP contribution in [0.25, 0.3) is 27.9 Å². The fourth-order valence-corrected chi connectivity index (χ4v) is 3.17. The minimum absolute atomic E-state index is 0.0291. The summed E-state index contributed by atoms with van der Waals surface area (Å²) in [6.07, 6.45) is -2.95. The van der Waals surface area contributed by atoms with Gasteiger partial charge >= 0.3 is 12.1 Å². The number of methoxy groups -OCH3 is 1. The van der Waals surface area contributed by atoms with Gasteiger partial charge in [-0.05, 0) is 24.3 Å². The van der Waals surface area contributed by atoms with Gasteiger partial charge in [0.15, 0.2) is 0 Å². The number of ether oxygens (including phenoxy) is 1. The van der Waals surface area contributed by atoms with E-state index in [1.807, 2.05) is 13.8 Å². The first-order valence-electron chi connectivity index (χ1n) is 9.92. The van der Waals surface area contributed by atoms with Crippen LogP contribution in [0.1, 0.15) is 25.2 Å². The van der Waals surface area contributed by atoms with Crippen LogP contribution in [0, 0.1) is 0 Å². The van der Waals surface area contributed by atoms with Gasteiger partial charge in [0, 0.05) is 37.1 Å². The molecule has 4 rings (SSSR count). The number of fused-ring (bicyclic) bond motifs is 3. The minimum atomic E-state index is -5.84. The lowest BCUT2D eigenvalue weighted by atomic mass is 10.0. The molecule has 0 aliphatic heterocycles. The molecule has 0 unspecified atom stereocenters. The molecule has 13 heteroatoms. The smallest absolute Gasteiger partial charge is 0.459 e. The van der Waals surface area contributed by atoms with Crippen molar-refractivity contribution < 1.29 is 26.7 Å². The molecule has 0 atom stereocenters. The van der Waals surface area contributed by atoms with E-state index < -0.39 is 17.8 Å². The normalized spacial score (nSPS) is 12.6. The molecule has 4 heterocycles. The van der Waals surface area contributed by atoms with Gasteiger partial charge in [0.2, 0.25) is 0 Å². The summed E-state index contributed by atoms with van der Waals surface area (Å²) in [7, 11) is 2.91. The van der Waals surface area contributed by atoms with Crippen LogP contribution in [-0.2, 0) is 17.7 Å². The standard InChI is InChI=1S/C19H14F5N7O.C2H6/c1-25-28-17(32-3)13-9-31-15(26-13)5-4-10-11(12-6-7-30(2)29-12)8-14(27-16(10)31)18(20,21)19(22,23)24;1-2/h4-9H,1H2,2-3H3;1-2H3/b28-17-;. The van der Waals surface area contributed by atoms with E-state index in [4.69, 9.17) is 4.74 Å². The predicted molar refractivity (Wildman–Crippen MR) is 117 cm³/mol. The maximum Gasteiger partial charge on any atom is 0.459 e. The maximum absolute atomic E-state index is 14.3. The summed E-state index contributed by atoms with van der Waals surface area (Å²) < 4.78 is 75.7. The average Bonchev–Trinajstić information content (AvgIpc) is 3.43. The van der Waals surface area contributed by atoms with Gasteiger partial charge in [0.05, 0.1) is 12.8 Å². The number of hydrogen-bond donors (Lipinski definition) is 0. The second-order valence-corrected chi connectivity index (χ2v) is 6.68. The lowest BCUT2D eigenvalue weighted by Gasteiger charge is -2.20. The maximum atomic E-state index is 14.3. The zero-order valence-electron chi connectivity index (χ0n) is 18.6. The van der Waals surface area contributed by atoms with Gasteiger partial charge in [0.1, 0.15) is 22.7 Å². The molecule has 180 valence electrons. The molecule has 8 nitrogen and oxygen atoms in total. The molecular weight excluding hydrogens is 461 g/mol. The first kappa shape index (κ1) is 24.7. The van der Waals surface area contributed by atoms with Gasteiger partial charge in [-0.25, -0.2) is 9.97 Å². The summed E-state index contributed by atoms with van der Waals surface area (Å²) in [6, 6.07) is 5.27. The summed E-state index contributed by atoms with van der Waals surface area (Å²) in [5, 5.41) is 11.5. The number of pyridine rings is 2. The van der Waals surface area contributed by atoms with Gasteiger partial charge < -0.3 is 4.74 Å². The van der Waals surface area contributed by atoms with Crippen LogP contribution < -0.4 is 0 Å². The van der Waals surface area contributed by atoms with E-state index >= 15 is 0 Å². The molecule has 0 saturated heterocycles. The zero-order chi connectivity index (χ0) is 25.3. The summed E-state index contributed by atoms with van der Waals surface area (Å²) in [5.41, 5.74) is -1.01. The molecule has 4 aromatic heterocycles. The highest BCUT2D eigenvalue weighted by Crippen LogP contribution is 2.44. The van der Waals surface area contributed by atoms with Gasteiger partial charge in [0.25, 0.3) is 5.90 Å². The monoisotopic (exact) mass is 481 g/mol. The van der Waals surface area contributed by atoms with E-state index in [9.17, 15) is 22.0 Å². The van der Waals surface area contributed by atoms with E-state index in [2.05, 4.69) is 32.0 Å². The van der Waals surface area contributed by atoms with Crippen molar-refractivity contribution in [3.05, 3.63) is 48.0 Å². The first-order chi connectivity index (χ1) is 16.1. The molecular formula is C21H20F5N7O. The lowest BCUT2D eigenvalue weighted by molar-refractivity contribution is -0.290. The number of imidazole rings is 1. The Morgan fingerprint density at radius 1 is 1.09 bits per heavy atom. The largest absolute Gasteiger partial charge is 0.478 e. The molecule has 0 radical (unpaired) electrons. The lowest BCUT2D eigenvalue weighted by Crippen LogP contribution is -2.34. The first-order valence-corrected chi connectivity index (χ1v) is 9.92. The van der Waals surface area contributed by atoms with E-state index in [1.54, 1.807) is 19.3 Å². The third-order valence-electron chi connectivity index (χ3n) is 4.64. The second kappa shape index (κ2) is 9.15. The van der Waals surface area contributed by atoms with Crippen LogP contribution in [0.3, 0.4) is 0 Å². The van der Waals surface area contributed by atoms with Crippen molar-refractivity contribution >= 4 is 29.3 Å². The molecule has 0 fully saturated rings. The molecule has 34 heavy (non-hydrogen) atoms. The number of hydrogen-bond acceptors (Lipinski definition) is 6. The second-order valence-electron chi connectivity index (χ2n) is 6.68. The Hall–Kier alpha value is -3.90. The Morgan fingerprint density at radius 3 is 2.35 bits per heavy atom. The Morgan fingerprint density at radius 2 is 1.79 bits per heavy atom. The molecule has 0 aliphatic rings. The molecule has 0 bridgehead atoms. The van der Waals surface area contributed by atoms with Gasteiger partial charge in [-0.15, -0.1) is 5.10 Å². The van der Waals surface area contributed by atoms with Crippen LogP contribution in [0.5, 0.6) is 0 Å². The predicted octanol–water partition coefficient (Wildman–Crippen LogP) is 4.97. The molecule has 0 N–H and O–H groups in total. The molecule has 0 saturated carbocycles. The van der Waals surface area contributed by atoms with Crippen molar-refractivity contribution in [1.82, 2.24) is 24.1 Å². The average molecular weight is 481 g/mol. The van der Waals surface area contributed by atoms with Gasteiger partial charge in [-0.2, -0.15) is 32.2 Å². The molecule has 0 amide bonds. The topological polar surface area (TPSA) is 82.0 Å². The van der Waals surface area contributed by atoms with E-state index in [0.717, 1.165) is 0 Å². The van der Waals surface area contributed by atoms with E-state index in [-0.39, 0.29) is 34.1 Å². The van der Waals surface area contributed by atoms with E-state index in [1.165, 1.54) is 34.5 Å². The molecule has 0 spiro atoms.